The number of hydrogen-bond donors (Lipinski definition) is 0. The van der Waals surface area contributed by atoms with Crippen LogP contribution in [0.3, 0.4) is 0 Å². The maximum atomic E-state index is 12.6. The Morgan fingerprint density at radius 1 is 1.43 bits per heavy atom. The van der Waals surface area contributed by atoms with Crippen molar-refractivity contribution in [2.24, 2.45) is 0 Å². The molecule has 1 aromatic rings. The standard InChI is InChI=1S/C8H4F2N2O2/c9-6-2-1-5(3-7(6)10)8(4-11)12(13)14/h1-3,8H. The lowest BCUT2D eigenvalue weighted by Crippen LogP contribution is -2.08. The largest absolute Gasteiger partial charge is 0.321 e. The van der Waals surface area contributed by atoms with Crippen LogP contribution >= 0.6 is 0 Å². The molecule has 0 amide bonds. The van der Waals surface area contributed by atoms with E-state index in [4.69, 9.17) is 5.26 Å². The molecule has 0 saturated carbocycles. The molecule has 4 nitrogen and oxygen atoms in total. The second-order valence-electron chi connectivity index (χ2n) is 2.49. The number of benzene rings is 1. The first-order valence-electron chi connectivity index (χ1n) is 3.54. The van der Waals surface area contributed by atoms with E-state index in [9.17, 15) is 18.9 Å². The molecule has 0 fully saturated rings. The number of hydrogen-bond acceptors (Lipinski definition) is 3. The summed E-state index contributed by atoms with van der Waals surface area (Å²) in [6.45, 7) is 0. The van der Waals surface area contributed by atoms with Gasteiger partial charge in [0.15, 0.2) is 11.6 Å². The highest BCUT2D eigenvalue weighted by atomic mass is 19.2. The molecule has 1 aromatic carbocycles. The number of nitriles is 1. The molecule has 0 N–H and O–H groups in total. The molecule has 1 atom stereocenters. The Hall–Kier alpha value is -2.03. The first kappa shape index (κ1) is 10.1. The van der Waals surface area contributed by atoms with E-state index in [2.05, 4.69) is 0 Å². The maximum Gasteiger partial charge on any atom is 0.321 e. The highest BCUT2D eigenvalue weighted by Gasteiger charge is 2.22. The van der Waals surface area contributed by atoms with Crippen molar-refractivity contribution in [3.05, 3.63) is 45.5 Å². The summed E-state index contributed by atoms with van der Waals surface area (Å²) < 4.78 is 25.1. The summed E-state index contributed by atoms with van der Waals surface area (Å²) in [6, 6.07) is 2.12. The van der Waals surface area contributed by atoms with Crippen LogP contribution in [0.4, 0.5) is 8.78 Å². The van der Waals surface area contributed by atoms with Crippen molar-refractivity contribution in [2.45, 2.75) is 6.04 Å². The average molecular weight is 198 g/mol. The second-order valence-corrected chi connectivity index (χ2v) is 2.49. The van der Waals surface area contributed by atoms with Gasteiger partial charge >= 0.3 is 6.04 Å². The minimum atomic E-state index is -1.66. The van der Waals surface area contributed by atoms with Gasteiger partial charge in [0, 0.05) is 10.5 Å². The molecule has 0 aromatic heterocycles. The molecule has 0 aliphatic carbocycles. The van der Waals surface area contributed by atoms with Gasteiger partial charge in [-0.05, 0) is 18.2 Å². The minimum Gasteiger partial charge on any atom is -0.263 e. The van der Waals surface area contributed by atoms with Gasteiger partial charge in [-0.3, -0.25) is 10.1 Å². The van der Waals surface area contributed by atoms with Crippen LogP contribution in [0.5, 0.6) is 0 Å². The molecule has 6 heteroatoms. The van der Waals surface area contributed by atoms with E-state index >= 15 is 0 Å². The molecule has 0 aliphatic rings. The van der Waals surface area contributed by atoms with Crippen LogP contribution < -0.4 is 0 Å². The first-order chi connectivity index (χ1) is 6.56. The molecule has 1 unspecified atom stereocenters. The van der Waals surface area contributed by atoms with Crippen LogP contribution in [0.15, 0.2) is 18.2 Å². The summed E-state index contributed by atoms with van der Waals surface area (Å²) in [6.07, 6.45) is 0. The van der Waals surface area contributed by atoms with Crippen molar-refractivity contribution < 1.29 is 13.7 Å². The van der Waals surface area contributed by atoms with Gasteiger partial charge in [0.2, 0.25) is 0 Å². The molecule has 14 heavy (non-hydrogen) atoms. The van der Waals surface area contributed by atoms with E-state index in [-0.39, 0.29) is 5.56 Å². The fraction of sp³-hybridized carbons (Fsp3) is 0.125. The molecule has 0 saturated heterocycles. The van der Waals surface area contributed by atoms with Crippen LogP contribution in [-0.2, 0) is 0 Å². The first-order valence-corrected chi connectivity index (χ1v) is 3.54. The normalized spacial score (nSPS) is 11.8. The fourth-order valence-corrected chi connectivity index (χ4v) is 0.926. The topological polar surface area (TPSA) is 66.9 Å². The lowest BCUT2D eigenvalue weighted by atomic mass is 10.1. The fourth-order valence-electron chi connectivity index (χ4n) is 0.926. The van der Waals surface area contributed by atoms with Crippen molar-refractivity contribution >= 4 is 0 Å². The molecule has 72 valence electrons. The van der Waals surface area contributed by atoms with E-state index in [1.807, 2.05) is 0 Å². The Labute approximate surface area is 77.5 Å². The summed E-state index contributed by atoms with van der Waals surface area (Å²) in [4.78, 5) is 9.43. The SMILES string of the molecule is N#CC(c1ccc(F)c(F)c1)[N+](=O)[O-]. The molecule has 0 radical (unpaired) electrons. The van der Waals surface area contributed by atoms with Gasteiger partial charge < -0.3 is 0 Å². The van der Waals surface area contributed by atoms with Crippen LogP contribution in [0.25, 0.3) is 0 Å². The molecule has 1 rings (SSSR count). The van der Waals surface area contributed by atoms with E-state index in [1.54, 1.807) is 0 Å². The van der Waals surface area contributed by atoms with Crippen molar-refractivity contribution in [3.8, 4) is 6.07 Å². The van der Waals surface area contributed by atoms with Crippen LogP contribution in [-0.4, -0.2) is 4.92 Å². The van der Waals surface area contributed by atoms with Gasteiger partial charge in [-0.15, -0.1) is 0 Å². The second kappa shape index (κ2) is 3.79. The Balaban J connectivity index is 3.14. The van der Waals surface area contributed by atoms with Gasteiger partial charge in [0.05, 0.1) is 0 Å². The van der Waals surface area contributed by atoms with Gasteiger partial charge in [-0.1, -0.05) is 0 Å². The number of rotatable bonds is 2. The monoisotopic (exact) mass is 198 g/mol. The van der Waals surface area contributed by atoms with Gasteiger partial charge in [-0.2, -0.15) is 5.26 Å². The van der Waals surface area contributed by atoms with E-state index < -0.39 is 22.6 Å². The molecular formula is C8H4F2N2O2. The Kier molecular flexibility index (Phi) is 2.72. The Bertz CT molecular complexity index is 414. The molecule has 0 heterocycles. The quantitative estimate of drug-likeness (QED) is 0.537. The molecular weight excluding hydrogens is 194 g/mol. The van der Waals surface area contributed by atoms with E-state index in [1.165, 1.54) is 6.07 Å². The van der Waals surface area contributed by atoms with Crippen molar-refractivity contribution in [3.63, 3.8) is 0 Å². The third-order valence-corrected chi connectivity index (χ3v) is 1.59. The summed E-state index contributed by atoms with van der Waals surface area (Å²) in [5.41, 5.74) is -0.170. The summed E-state index contributed by atoms with van der Waals surface area (Å²) >= 11 is 0. The van der Waals surface area contributed by atoms with E-state index in [0.717, 1.165) is 12.1 Å². The van der Waals surface area contributed by atoms with Crippen molar-refractivity contribution in [1.29, 1.82) is 5.26 Å². The zero-order valence-electron chi connectivity index (χ0n) is 6.78. The van der Waals surface area contributed by atoms with Gasteiger partial charge in [0.1, 0.15) is 6.07 Å². The van der Waals surface area contributed by atoms with Gasteiger partial charge in [0.25, 0.3) is 0 Å². The maximum absolute atomic E-state index is 12.6. The summed E-state index contributed by atoms with van der Waals surface area (Å²) in [7, 11) is 0. The summed E-state index contributed by atoms with van der Waals surface area (Å²) in [5.74, 6) is -2.31. The minimum absolute atomic E-state index is 0.170. The van der Waals surface area contributed by atoms with Crippen molar-refractivity contribution in [1.82, 2.24) is 0 Å². The van der Waals surface area contributed by atoms with Crippen LogP contribution in [0, 0.1) is 33.1 Å². The molecule has 0 aliphatic heterocycles. The zero-order chi connectivity index (χ0) is 10.7. The highest BCUT2D eigenvalue weighted by molar-refractivity contribution is 5.23. The molecule has 0 spiro atoms. The molecule has 0 bridgehead atoms. The predicted molar refractivity (Wildman–Crippen MR) is 41.7 cm³/mol. The third kappa shape index (κ3) is 1.82. The number of nitrogens with zero attached hydrogens (tertiary/aromatic N) is 2. The van der Waals surface area contributed by atoms with Gasteiger partial charge in [-0.25, -0.2) is 8.78 Å². The third-order valence-electron chi connectivity index (χ3n) is 1.59. The van der Waals surface area contributed by atoms with Crippen molar-refractivity contribution in [2.75, 3.05) is 0 Å². The predicted octanol–water partition coefficient (Wildman–Crippen LogP) is 1.81. The Morgan fingerprint density at radius 3 is 2.50 bits per heavy atom. The average Bonchev–Trinajstić information content (AvgIpc) is 2.11. The highest BCUT2D eigenvalue weighted by Crippen LogP contribution is 2.18. The van der Waals surface area contributed by atoms with Crippen LogP contribution in [0.1, 0.15) is 11.6 Å². The lowest BCUT2D eigenvalue weighted by Gasteiger charge is -2.01. The Morgan fingerprint density at radius 2 is 2.07 bits per heavy atom. The summed E-state index contributed by atoms with van der Waals surface area (Å²) in [5, 5.41) is 18.7. The number of halogens is 2. The lowest BCUT2D eigenvalue weighted by molar-refractivity contribution is -0.512. The smallest absolute Gasteiger partial charge is 0.263 e. The van der Waals surface area contributed by atoms with Crippen LogP contribution in [0.2, 0.25) is 0 Å². The number of nitro groups is 1. The zero-order valence-corrected chi connectivity index (χ0v) is 6.78. The van der Waals surface area contributed by atoms with E-state index in [0.29, 0.717) is 6.07 Å².